The van der Waals surface area contributed by atoms with E-state index in [1.54, 1.807) is 0 Å². The largest absolute Gasteiger partial charge is 0.449 e. The first-order valence-electron chi connectivity index (χ1n) is 10.0. The number of nitrogens with zero attached hydrogens (tertiary/aromatic N) is 1. The number of ether oxygens (including phenoxy) is 1. The molecular weight excluding hydrogens is 342 g/mol. The highest BCUT2D eigenvalue weighted by molar-refractivity contribution is 6.07. The third-order valence-electron chi connectivity index (χ3n) is 6.21. The van der Waals surface area contributed by atoms with Gasteiger partial charge in [-0.05, 0) is 67.0 Å². The minimum atomic E-state index is 0.460. The molecule has 140 valence electrons. The van der Waals surface area contributed by atoms with Gasteiger partial charge >= 0.3 is 0 Å². The summed E-state index contributed by atoms with van der Waals surface area (Å²) < 4.78 is 8.89. The number of fused-ring (bicyclic) bond motifs is 4. The third-order valence-corrected chi connectivity index (χ3v) is 6.21. The summed E-state index contributed by atoms with van der Waals surface area (Å²) in [6.45, 7) is 11.1. The van der Waals surface area contributed by atoms with Gasteiger partial charge < -0.3 is 4.74 Å². The fourth-order valence-electron chi connectivity index (χ4n) is 4.52. The number of aryl methyl sites for hydroxylation is 3. The Hall–Kier alpha value is -2.87. The Morgan fingerprint density at radius 2 is 1.71 bits per heavy atom. The zero-order valence-electron chi connectivity index (χ0n) is 17.5. The monoisotopic (exact) mass is 368 g/mol. The van der Waals surface area contributed by atoms with Crippen LogP contribution in [0.25, 0.3) is 32.8 Å². The van der Waals surface area contributed by atoms with Crippen molar-refractivity contribution >= 4 is 21.5 Å². The summed E-state index contributed by atoms with van der Waals surface area (Å²) >= 11 is 0. The zero-order valence-corrected chi connectivity index (χ0v) is 17.5. The van der Waals surface area contributed by atoms with E-state index in [0.717, 1.165) is 11.5 Å². The number of rotatable bonds is 1. The van der Waals surface area contributed by atoms with Gasteiger partial charge in [-0.15, -0.1) is 0 Å². The van der Waals surface area contributed by atoms with Crippen LogP contribution < -0.4 is 9.30 Å². The number of pyridine rings is 1. The average molecular weight is 369 g/mol. The lowest BCUT2D eigenvalue weighted by atomic mass is 9.87. The maximum atomic E-state index is 6.66. The van der Waals surface area contributed by atoms with Gasteiger partial charge in [0.15, 0.2) is 6.20 Å². The molecule has 0 fully saturated rings. The van der Waals surface area contributed by atoms with Gasteiger partial charge in [-0.1, -0.05) is 37.6 Å². The molecule has 1 aromatic heterocycles. The number of hydrogen-bond donors (Lipinski definition) is 0. The second kappa shape index (κ2) is 5.81. The van der Waals surface area contributed by atoms with Gasteiger partial charge in [0.2, 0.25) is 5.75 Å². The van der Waals surface area contributed by atoms with Crippen LogP contribution in [-0.2, 0) is 7.05 Å². The molecule has 0 radical (unpaired) electrons. The molecule has 0 bridgehead atoms. The lowest BCUT2D eigenvalue weighted by Crippen LogP contribution is -2.32. The number of aromatic nitrogens is 1. The predicted molar refractivity (Wildman–Crippen MR) is 116 cm³/mol. The molecule has 0 aliphatic carbocycles. The van der Waals surface area contributed by atoms with Gasteiger partial charge in [0.1, 0.15) is 12.8 Å². The molecule has 0 spiro atoms. The maximum Gasteiger partial charge on any atom is 0.257 e. The van der Waals surface area contributed by atoms with Crippen LogP contribution in [0.5, 0.6) is 11.5 Å². The molecule has 2 nitrogen and oxygen atoms in total. The predicted octanol–water partition coefficient (Wildman–Crippen LogP) is 6.64. The van der Waals surface area contributed by atoms with E-state index in [9.17, 15) is 0 Å². The standard InChI is InChI=1S/C26H26NO/c1-14(2)19-11-20-10-16(4)17(5)23-24(20)22(12-19)28-26-21-9-15(3)7-8-18(21)13-27(6)25(23)26/h7-14H,1-6H3/q+1. The molecule has 2 heterocycles. The SMILES string of the molecule is Cc1ccc2c[n+](C)c3c(c2c1)Oc1cc(C(C)C)cc2cc(C)c(C)c-3c12. The van der Waals surface area contributed by atoms with Crippen molar-refractivity contribution in [1.82, 2.24) is 0 Å². The van der Waals surface area contributed by atoms with Gasteiger partial charge in [0.25, 0.3) is 5.69 Å². The molecule has 2 heteroatoms. The van der Waals surface area contributed by atoms with Crippen molar-refractivity contribution in [1.29, 1.82) is 0 Å². The van der Waals surface area contributed by atoms with Crippen LogP contribution in [0.3, 0.4) is 0 Å². The number of benzene rings is 3. The summed E-state index contributed by atoms with van der Waals surface area (Å²) in [6, 6.07) is 13.5. The molecule has 5 rings (SSSR count). The van der Waals surface area contributed by atoms with Crippen LogP contribution in [0.2, 0.25) is 0 Å². The lowest BCUT2D eigenvalue weighted by Gasteiger charge is -2.24. The van der Waals surface area contributed by atoms with Crippen molar-refractivity contribution in [2.75, 3.05) is 0 Å². The van der Waals surface area contributed by atoms with E-state index >= 15 is 0 Å². The van der Waals surface area contributed by atoms with Crippen molar-refractivity contribution in [3.05, 3.63) is 64.8 Å². The Bertz CT molecular complexity index is 1300. The smallest absolute Gasteiger partial charge is 0.257 e. The molecule has 3 aromatic carbocycles. The van der Waals surface area contributed by atoms with Crippen molar-refractivity contribution in [2.24, 2.45) is 7.05 Å². The molecule has 0 unspecified atom stereocenters. The molecular formula is C26H26NO+. The molecule has 0 N–H and O–H groups in total. The summed E-state index contributed by atoms with van der Waals surface area (Å²) in [4.78, 5) is 0. The van der Waals surface area contributed by atoms with Crippen LogP contribution in [-0.4, -0.2) is 0 Å². The summed E-state index contributed by atoms with van der Waals surface area (Å²) in [5.41, 5.74) is 7.72. The number of hydrogen-bond acceptors (Lipinski definition) is 1. The van der Waals surface area contributed by atoms with E-state index in [0.29, 0.717) is 5.92 Å². The van der Waals surface area contributed by atoms with Gasteiger partial charge in [-0.3, -0.25) is 0 Å². The van der Waals surface area contributed by atoms with E-state index in [-0.39, 0.29) is 0 Å². The van der Waals surface area contributed by atoms with E-state index in [2.05, 4.69) is 88.8 Å². The van der Waals surface area contributed by atoms with E-state index in [4.69, 9.17) is 4.74 Å². The molecule has 1 aliphatic heterocycles. The second-order valence-corrected chi connectivity index (χ2v) is 8.58. The van der Waals surface area contributed by atoms with Crippen molar-refractivity contribution < 1.29 is 9.30 Å². The molecule has 4 aromatic rings. The first kappa shape index (κ1) is 17.2. The fourth-order valence-corrected chi connectivity index (χ4v) is 4.52. The lowest BCUT2D eigenvalue weighted by molar-refractivity contribution is -0.659. The Morgan fingerprint density at radius 1 is 0.929 bits per heavy atom. The Morgan fingerprint density at radius 3 is 2.46 bits per heavy atom. The first-order valence-corrected chi connectivity index (χ1v) is 10.0. The quantitative estimate of drug-likeness (QED) is 0.302. The summed E-state index contributed by atoms with van der Waals surface area (Å²) in [6.07, 6.45) is 2.22. The highest BCUT2D eigenvalue weighted by Crippen LogP contribution is 2.50. The van der Waals surface area contributed by atoms with Crippen LogP contribution >= 0.6 is 0 Å². The minimum Gasteiger partial charge on any atom is -0.449 e. The van der Waals surface area contributed by atoms with Crippen LogP contribution in [0.4, 0.5) is 0 Å². The molecule has 0 saturated carbocycles. The van der Waals surface area contributed by atoms with E-state index in [1.807, 2.05) is 0 Å². The van der Waals surface area contributed by atoms with E-state index < -0.39 is 0 Å². The second-order valence-electron chi connectivity index (χ2n) is 8.58. The molecule has 0 saturated heterocycles. The minimum absolute atomic E-state index is 0.460. The third kappa shape index (κ3) is 2.30. The average Bonchev–Trinajstić information content (AvgIpc) is 2.65. The molecule has 0 atom stereocenters. The fraction of sp³-hybridized carbons (Fsp3) is 0.269. The van der Waals surface area contributed by atoms with Crippen molar-refractivity contribution in [3.63, 3.8) is 0 Å². The summed E-state index contributed by atoms with van der Waals surface area (Å²) in [5.74, 6) is 2.43. The van der Waals surface area contributed by atoms with Gasteiger partial charge in [-0.25, -0.2) is 0 Å². The normalized spacial score (nSPS) is 12.5. The first-order chi connectivity index (χ1) is 13.3. The van der Waals surface area contributed by atoms with Crippen LogP contribution in [0.1, 0.15) is 42.0 Å². The van der Waals surface area contributed by atoms with E-state index in [1.165, 1.54) is 55.1 Å². The summed E-state index contributed by atoms with van der Waals surface area (Å²) in [5, 5.41) is 4.90. The topological polar surface area (TPSA) is 13.1 Å². The van der Waals surface area contributed by atoms with Crippen molar-refractivity contribution in [2.45, 2.75) is 40.5 Å². The molecule has 1 aliphatic rings. The van der Waals surface area contributed by atoms with Crippen LogP contribution in [0.15, 0.2) is 42.6 Å². The summed E-state index contributed by atoms with van der Waals surface area (Å²) in [7, 11) is 2.13. The zero-order chi connectivity index (χ0) is 19.7. The van der Waals surface area contributed by atoms with Gasteiger partial charge in [0.05, 0.1) is 5.56 Å². The van der Waals surface area contributed by atoms with Crippen LogP contribution in [0, 0.1) is 20.8 Å². The highest BCUT2D eigenvalue weighted by Gasteiger charge is 2.32. The van der Waals surface area contributed by atoms with Crippen molar-refractivity contribution in [3.8, 4) is 22.8 Å². The molecule has 0 amide bonds. The van der Waals surface area contributed by atoms with Gasteiger partial charge in [0, 0.05) is 16.2 Å². The maximum absolute atomic E-state index is 6.66. The Labute approximate surface area is 166 Å². The van der Waals surface area contributed by atoms with Gasteiger partial charge in [-0.2, -0.15) is 4.57 Å². The highest BCUT2D eigenvalue weighted by atomic mass is 16.5. The Kier molecular flexibility index (Phi) is 3.58. The Balaban J connectivity index is 1.99. The molecule has 28 heavy (non-hydrogen) atoms.